The second-order valence-electron chi connectivity index (χ2n) is 5.62. The van der Waals surface area contributed by atoms with Crippen molar-refractivity contribution in [1.29, 1.82) is 5.41 Å². The summed E-state index contributed by atoms with van der Waals surface area (Å²) in [6.07, 6.45) is 5.03. The molecule has 1 N–H and O–H groups in total. The lowest BCUT2D eigenvalue weighted by molar-refractivity contribution is 0.601. The van der Waals surface area contributed by atoms with E-state index in [2.05, 4.69) is 47.9 Å². The van der Waals surface area contributed by atoms with Crippen LogP contribution in [-0.4, -0.2) is 4.57 Å². The molecule has 2 nitrogen and oxygen atoms in total. The quantitative estimate of drug-likeness (QED) is 0.510. The fraction of sp³-hybridized carbons (Fsp3) is 0.316. The summed E-state index contributed by atoms with van der Waals surface area (Å²) in [5, 5.41) is 11.2. The minimum atomic E-state index is 0.644. The number of hydrogen-bond donors (Lipinski definition) is 1. The maximum atomic E-state index is 8.46. The van der Waals surface area contributed by atoms with Gasteiger partial charge in [-0.1, -0.05) is 62.6 Å². The molecule has 0 aliphatic carbocycles. The smallest absolute Gasteiger partial charge is 0.0726 e. The number of benzene rings is 2. The molecule has 3 rings (SSSR count). The maximum absolute atomic E-state index is 8.46. The third-order valence-electron chi connectivity index (χ3n) is 4.16. The predicted molar refractivity (Wildman–Crippen MR) is 89.4 cm³/mol. The molecular weight excluding hydrogens is 256 g/mol. The standard InChI is InChI=1S/C19H22N2/c1-2-3-4-9-14-21-17-12-7-5-10-15(17)19(20)16-11-6-8-13-18(16)21/h5-8,10-13,20H,2-4,9,14H2,1H3. The van der Waals surface area contributed by atoms with E-state index in [1.807, 2.05) is 12.1 Å². The molecular formula is C19H22N2. The van der Waals surface area contributed by atoms with Gasteiger partial charge in [-0.25, -0.2) is 0 Å². The minimum Gasteiger partial charge on any atom is -0.340 e. The number of nitrogens with one attached hydrogen (secondary N) is 1. The van der Waals surface area contributed by atoms with Crippen LogP contribution in [0.5, 0.6) is 0 Å². The second-order valence-corrected chi connectivity index (χ2v) is 5.62. The van der Waals surface area contributed by atoms with Gasteiger partial charge in [0, 0.05) is 17.3 Å². The van der Waals surface area contributed by atoms with Crippen molar-refractivity contribution in [2.24, 2.45) is 0 Å². The Morgan fingerprint density at radius 1 is 0.810 bits per heavy atom. The third kappa shape index (κ3) is 2.58. The van der Waals surface area contributed by atoms with Gasteiger partial charge in [-0.15, -0.1) is 0 Å². The molecule has 0 fully saturated rings. The van der Waals surface area contributed by atoms with Crippen LogP contribution in [0, 0.1) is 5.41 Å². The number of nitrogens with zero attached hydrogens (tertiary/aromatic N) is 1. The second kappa shape index (κ2) is 6.13. The Hall–Kier alpha value is -2.09. The van der Waals surface area contributed by atoms with Gasteiger partial charge < -0.3 is 4.57 Å². The number of aryl methyl sites for hydroxylation is 1. The van der Waals surface area contributed by atoms with Gasteiger partial charge in [0.2, 0.25) is 0 Å². The van der Waals surface area contributed by atoms with Crippen molar-refractivity contribution in [2.75, 3.05) is 0 Å². The van der Waals surface area contributed by atoms with E-state index in [4.69, 9.17) is 5.41 Å². The summed E-state index contributed by atoms with van der Waals surface area (Å²) in [6.45, 7) is 3.27. The van der Waals surface area contributed by atoms with Crippen molar-refractivity contribution < 1.29 is 0 Å². The first-order valence-electron chi connectivity index (χ1n) is 7.88. The monoisotopic (exact) mass is 278 g/mol. The number of unbranched alkanes of at least 4 members (excludes halogenated alkanes) is 3. The highest BCUT2D eigenvalue weighted by Crippen LogP contribution is 2.20. The highest BCUT2D eigenvalue weighted by atomic mass is 15.0. The SMILES string of the molecule is CCCCCCn1c2ccccc2c(=N)c2ccccc21. The van der Waals surface area contributed by atoms with Crippen LogP contribution in [-0.2, 0) is 6.54 Å². The first-order valence-corrected chi connectivity index (χ1v) is 7.88. The van der Waals surface area contributed by atoms with E-state index in [0.717, 1.165) is 17.3 Å². The molecule has 3 aromatic rings. The Labute approximate surface area is 125 Å². The van der Waals surface area contributed by atoms with Crippen molar-refractivity contribution in [3.05, 3.63) is 53.9 Å². The number of rotatable bonds is 5. The van der Waals surface area contributed by atoms with Crippen molar-refractivity contribution in [1.82, 2.24) is 4.57 Å². The van der Waals surface area contributed by atoms with E-state index in [-0.39, 0.29) is 0 Å². The van der Waals surface area contributed by atoms with E-state index in [1.165, 1.54) is 36.7 Å². The van der Waals surface area contributed by atoms with Gasteiger partial charge in [-0.3, -0.25) is 5.41 Å². The average molecular weight is 278 g/mol. The van der Waals surface area contributed by atoms with E-state index < -0.39 is 0 Å². The van der Waals surface area contributed by atoms with Crippen LogP contribution in [0.2, 0.25) is 0 Å². The van der Waals surface area contributed by atoms with E-state index in [0.29, 0.717) is 5.36 Å². The average Bonchev–Trinajstić information content (AvgIpc) is 2.54. The summed E-state index contributed by atoms with van der Waals surface area (Å²) in [7, 11) is 0. The topological polar surface area (TPSA) is 28.8 Å². The first kappa shape index (κ1) is 13.9. The largest absolute Gasteiger partial charge is 0.340 e. The molecule has 0 amide bonds. The van der Waals surface area contributed by atoms with Crippen molar-refractivity contribution in [3.63, 3.8) is 0 Å². The molecule has 1 aromatic heterocycles. The van der Waals surface area contributed by atoms with Gasteiger partial charge in [0.15, 0.2) is 0 Å². The highest BCUT2D eigenvalue weighted by molar-refractivity contribution is 5.92. The van der Waals surface area contributed by atoms with Crippen molar-refractivity contribution in [2.45, 2.75) is 39.2 Å². The summed E-state index contributed by atoms with van der Waals surface area (Å²) in [5.41, 5.74) is 2.36. The van der Waals surface area contributed by atoms with Gasteiger partial charge in [0.1, 0.15) is 0 Å². The summed E-state index contributed by atoms with van der Waals surface area (Å²) in [4.78, 5) is 0. The number of aromatic nitrogens is 1. The molecule has 1 heterocycles. The van der Waals surface area contributed by atoms with Gasteiger partial charge in [0.25, 0.3) is 0 Å². The van der Waals surface area contributed by atoms with Crippen LogP contribution in [0.4, 0.5) is 0 Å². The molecule has 2 heteroatoms. The molecule has 108 valence electrons. The molecule has 21 heavy (non-hydrogen) atoms. The van der Waals surface area contributed by atoms with Crippen molar-refractivity contribution in [3.8, 4) is 0 Å². The molecule has 0 unspecified atom stereocenters. The Kier molecular flexibility index (Phi) is 4.05. The van der Waals surface area contributed by atoms with E-state index in [9.17, 15) is 0 Å². The summed E-state index contributed by atoms with van der Waals surface area (Å²) >= 11 is 0. The van der Waals surface area contributed by atoms with Gasteiger partial charge in [-0.05, 0) is 18.6 Å². The van der Waals surface area contributed by atoms with Crippen LogP contribution < -0.4 is 5.36 Å². The lowest BCUT2D eigenvalue weighted by Crippen LogP contribution is -2.11. The fourth-order valence-electron chi connectivity index (χ4n) is 3.05. The molecule has 2 aromatic carbocycles. The number of fused-ring (bicyclic) bond motifs is 2. The summed E-state index contributed by atoms with van der Waals surface area (Å²) in [5.74, 6) is 0. The van der Waals surface area contributed by atoms with Crippen LogP contribution >= 0.6 is 0 Å². The summed E-state index contributed by atoms with van der Waals surface area (Å²) in [6, 6.07) is 16.6. The number of hydrogen-bond acceptors (Lipinski definition) is 1. The zero-order chi connectivity index (χ0) is 14.7. The van der Waals surface area contributed by atoms with E-state index in [1.54, 1.807) is 0 Å². The molecule has 0 aliphatic rings. The number of para-hydroxylation sites is 2. The first-order chi connectivity index (χ1) is 10.3. The molecule has 0 bridgehead atoms. The minimum absolute atomic E-state index is 0.644. The normalized spacial score (nSPS) is 11.3. The third-order valence-corrected chi connectivity index (χ3v) is 4.16. The molecule has 0 radical (unpaired) electrons. The molecule has 0 atom stereocenters. The van der Waals surface area contributed by atoms with Crippen LogP contribution in [0.25, 0.3) is 21.8 Å². The zero-order valence-electron chi connectivity index (χ0n) is 12.6. The molecule has 0 saturated heterocycles. The Balaban J connectivity index is 2.18. The lowest BCUT2D eigenvalue weighted by Gasteiger charge is -2.15. The lowest BCUT2D eigenvalue weighted by atomic mass is 10.1. The Morgan fingerprint density at radius 3 is 1.95 bits per heavy atom. The van der Waals surface area contributed by atoms with Crippen LogP contribution in [0.15, 0.2) is 48.5 Å². The van der Waals surface area contributed by atoms with Gasteiger partial charge in [-0.2, -0.15) is 0 Å². The molecule has 0 aliphatic heterocycles. The van der Waals surface area contributed by atoms with Crippen LogP contribution in [0.3, 0.4) is 0 Å². The summed E-state index contributed by atoms with van der Waals surface area (Å²) < 4.78 is 2.39. The van der Waals surface area contributed by atoms with Crippen LogP contribution in [0.1, 0.15) is 32.6 Å². The highest BCUT2D eigenvalue weighted by Gasteiger charge is 2.07. The van der Waals surface area contributed by atoms with Crippen molar-refractivity contribution >= 4 is 21.8 Å². The van der Waals surface area contributed by atoms with Gasteiger partial charge >= 0.3 is 0 Å². The Morgan fingerprint density at radius 2 is 1.38 bits per heavy atom. The zero-order valence-corrected chi connectivity index (χ0v) is 12.6. The van der Waals surface area contributed by atoms with Gasteiger partial charge in [0.05, 0.1) is 16.4 Å². The fourth-order valence-corrected chi connectivity index (χ4v) is 3.05. The Bertz CT molecular complexity index is 755. The molecule has 0 spiro atoms. The molecule has 0 saturated carbocycles. The maximum Gasteiger partial charge on any atom is 0.0726 e. The number of pyridine rings is 1. The predicted octanol–water partition coefficient (Wildman–Crippen LogP) is 4.85. The van der Waals surface area contributed by atoms with E-state index >= 15 is 0 Å².